The minimum absolute atomic E-state index is 0.148. The fraction of sp³-hybridized carbons (Fsp3) is 0.143. The maximum Gasteiger partial charge on any atom is 0.185 e. The predicted molar refractivity (Wildman–Crippen MR) is 132 cm³/mol. The van der Waals surface area contributed by atoms with Crippen LogP contribution in [-0.4, -0.2) is 40.0 Å². The molecule has 0 amide bonds. The molecule has 0 fully saturated rings. The van der Waals surface area contributed by atoms with Gasteiger partial charge >= 0.3 is 0 Å². The highest BCUT2D eigenvalue weighted by Crippen LogP contribution is 2.29. The zero-order valence-electron chi connectivity index (χ0n) is 19.5. The molecule has 0 saturated heterocycles. The number of ether oxygens (including phenoxy) is 4. The summed E-state index contributed by atoms with van der Waals surface area (Å²) in [6, 6.07) is 17.6. The molecule has 0 unspecified atom stereocenters. The molecule has 6 nitrogen and oxygen atoms in total. The van der Waals surface area contributed by atoms with Gasteiger partial charge in [-0.15, -0.1) is 0 Å². The van der Waals surface area contributed by atoms with Crippen LogP contribution in [0.15, 0.2) is 72.8 Å². The van der Waals surface area contributed by atoms with Crippen LogP contribution in [-0.2, 0) is 0 Å². The molecule has 0 aromatic heterocycles. The number of carbonyl (C=O) groups is 2. The Morgan fingerprint density at radius 2 is 0.882 bits per heavy atom. The Hall–Kier alpha value is -4.32. The van der Waals surface area contributed by atoms with Crippen molar-refractivity contribution < 1.29 is 28.5 Å². The van der Waals surface area contributed by atoms with Crippen LogP contribution in [0.3, 0.4) is 0 Å². The van der Waals surface area contributed by atoms with Gasteiger partial charge in [0.15, 0.2) is 34.6 Å². The van der Waals surface area contributed by atoms with Crippen molar-refractivity contribution >= 4 is 23.7 Å². The van der Waals surface area contributed by atoms with E-state index in [0.717, 1.165) is 11.1 Å². The van der Waals surface area contributed by atoms with Gasteiger partial charge in [0.2, 0.25) is 0 Å². The van der Waals surface area contributed by atoms with Gasteiger partial charge in [-0.25, -0.2) is 0 Å². The highest BCUT2D eigenvalue weighted by atomic mass is 16.5. The van der Waals surface area contributed by atoms with E-state index in [9.17, 15) is 9.59 Å². The molecule has 0 saturated carbocycles. The minimum Gasteiger partial charge on any atom is -0.493 e. The molecule has 3 aromatic carbocycles. The molecule has 0 bridgehead atoms. The third kappa shape index (κ3) is 5.92. The summed E-state index contributed by atoms with van der Waals surface area (Å²) in [5.41, 5.74) is 2.72. The lowest BCUT2D eigenvalue weighted by molar-refractivity contribution is 0.103. The molecule has 0 N–H and O–H groups in total. The smallest absolute Gasteiger partial charge is 0.185 e. The van der Waals surface area contributed by atoms with Crippen LogP contribution >= 0.6 is 0 Å². The number of rotatable bonds is 10. The number of ketones is 2. The maximum absolute atomic E-state index is 12.5. The van der Waals surface area contributed by atoms with Crippen LogP contribution in [0, 0.1) is 0 Å². The summed E-state index contributed by atoms with van der Waals surface area (Å²) in [7, 11) is 6.15. The molecule has 3 aromatic rings. The molecule has 0 aliphatic heterocycles. The topological polar surface area (TPSA) is 71.1 Å². The molecule has 0 radical (unpaired) electrons. The monoisotopic (exact) mass is 458 g/mol. The summed E-state index contributed by atoms with van der Waals surface area (Å²) in [4.78, 5) is 25.0. The fourth-order valence-electron chi connectivity index (χ4n) is 3.23. The Bertz CT molecular complexity index is 1130. The minimum atomic E-state index is -0.148. The van der Waals surface area contributed by atoms with Crippen molar-refractivity contribution in [2.45, 2.75) is 0 Å². The SMILES string of the molecule is COc1ccc(C(=O)/C=C/c2ccc(/C=C/C(=O)c3ccc(OC)c(OC)c3)cc2)cc1OC. The standard InChI is InChI=1S/C28H26O6/c1-31-25-15-11-21(17-27(25)33-3)23(29)13-9-19-5-7-20(8-6-19)10-14-24(30)22-12-16-26(32-2)28(18-22)34-4/h5-18H,1-4H3/b13-9+,14-10+. The average molecular weight is 459 g/mol. The van der Waals surface area contributed by atoms with Gasteiger partial charge in [0.25, 0.3) is 0 Å². The Morgan fingerprint density at radius 1 is 0.529 bits per heavy atom. The van der Waals surface area contributed by atoms with Crippen molar-refractivity contribution in [3.63, 3.8) is 0 Å². The van der Waals surface area contributed by atoms with Crippen LogP contribution in [0.25, 0.3) is 12.2 Å². The number of benzene rings is 3. The highest BCUT2D eigenvalue weighted by Gasteiger charge is 2.09. The second kappa shape index (κ2) is 11.5. The number of hydrogen-bond acceptors (Lipinski definition) is 6. The summed E-state index contributed by atoms with van der Waals surface area (Å²) in [5.74, 6) is 1.84. The molecular weight excluding hydrogens is 432 g/mol. The Balaban J connectivity index is 1.66. The molecule has 6 heteroatoms. The van der Waals surface area contributed by atoms with E-state index in [1.807, 2.05) is 24.3 Å². The number of methoxy groups -OCH3 is 4. The van der Waals surface area contributed by atoms with Gasteiger partial charge in [-0.3, -0.25) is 9.59 Å². The Labute approximate surface area is 199 Å². The van der Waals surface area contributed by atoms with Gasteiger partial charge in [-0.1, -0.05) is 36.4 Å². The molecule has 0 aliphatic carbocycles. The van der Waals surface area contributed by atoms with Crippen LogP contribution in [0.1, 0.15) is 31.8 Å². The average Bonchev–Trinajstić information content (AvgIpc) is 2.89. The third-order valence-electron chi connectivity index (χ3n) is 5.13. The van der Waals surface area contributed by atoms with Crippen molar-refractivity contribution in [1.29, 1.82) is 0 Å². The van der Waals surface area contributed by atoms with Crippen LogP contribution in [0.4, 0.5) is 0 Å². The van der Waals surface area contributed by atoms with Gasteiger partial charge in [-0.05, 0) is 59.7 Å². The van der Waals surface area contributed by atoms with Crippen molar-refractivity contribution in [2.75, 3.05) is 28.4 Å². The van der Waals surface area contributed by atoms with Crippen molar-refractivity contribution in [3.05, 3.63) is 95.1 Å². The maximum atomic E-state index is 12.5. The Kier molecular flexibility index (Phi) is 8.24. The second-order valence-corrected chi connectivity index (χ2v) is 7.20. The normalized spacial score (nSPS) is 10.9. The van der Waals surface area contributed by atoms with E-state index in [1.54, 1.807) is 62.8 Å². The van der Waals surface area contributed by atoms with Crippen molar-refractivity contribution in [2.24, 2.45) is 0 Å². The first-order chi connectivity index (χ1) is 16.5. The number of hydrogen-bond donors (Lipinski definition) is 0. The zero-order chi connectivity index (χ0) is 24.5. The lowest BCUT2D eigenvalue weighted by atomic mass is 10.1. The summed E-state index contributed by atoms with van der Waals surface area (Å²) in [6.07, 6.45) is 6.49. The number of carbonyl (C=O) groups excluding carboxylic acids is 2. The molecule has 0 aliphatic rings. The van der Waals surface area contributed by atoms with Gasteiger partial charge in [0.1, 0.15) is 0 Å². The lowest BCUT2D eigenvalue weighted by Gasteiger charge is -2.08. The summed E-state index contributed by atoms with van der Waals surface area (Å²) >= 11 is 0. The molecule has 3 rings (SSSR count). The van der Waals surface area contributed by atoms with E-state index >= 15 is 0 Å². The summed E-state index contributed by atoms with van der Waals surface area (Å²) in [6.45, 7) is 0. The number of allylic oxidation sites excluding steroid dienone is 2. The first-order valence-corrected chi connectivity index (χ1v) is 10.5. The van der Waals surface area contributed by atoms with Crippen molar-refractivity contribution in [3.8, 4) is 23.0 Å². The van der Waals surface area contributed by atoms with Gasteiger partial charge in [0, 0.05) is 11.1 Å². The van der Waals surface area contributed by atoms with Crippen LogP contribution in [0.5, 0.6) is 23.0 Å². The van der Waals surface area contributed by atoms with Gasteiger partial charge in [0.05, 0.1) is 28.4 Å². The van der Waals surface area contributed by atoms with E-state index in [4.69, 9.17) is 18.9 Å². The van der Waals surface area contributed by atoms with Crippen LogP contribution in [0.2, 0.25) is 0 Å². The molecule has 0 heterocycles. The molecule has 34 heavy (non-hydrogen) atoms. The molecular formula is C28H26O6. The van der Waals surface area contributed by atoms with E-state index in [-0.39, 0.29) is 11.6 Å². The predicted octanol–water partition coefficient (Wildman–Crippen LogP) is 5.51. The largest absolute Gasteiger partial charge is 0.493 e. The van der Waals surface area contributed by atoms with E-state index in [0.29, 0.717) is 34.1 Å². The first-order valence-electron chi connectivity index (χ1n) is 10.5. The quantitative estimate of drug-likeness (QED) is 0.295. The fourth-order valence-corrected chi connectivity index (χ4v) is 3.23. The second-order valence-electron chi connectivity index (χ2n) is 7.20. The highest BCUT2D eigenvalue weighted by molar-refractivity contribution is 6.08. The molecule has 0 atom stereocenters. The van der Waals surface area contributed by atoms with E-state index in [1.165, 1.54) is 26.4 Å². The Morgan fingerprint density at radius 3 is 1.21 bits per heavy atom. The first kappa shape index (κ1) is 24.3. The lowest BCUT2D eigenvalue weighted by Crippen LogP contribution is -1.97. The third-order valence-corrected chi connectivity index (χ3v) is 5.13. The summed E-state index contributed by atoms with van der Waals surface area (Å²) in [5, 5.41) is 0. The molecule has 0 spiro atoms. The van der Waals surface area contributed by atoms with Gasteiger partial charge < -0.3 is 18.9 Å². The molecule has 174 valence electrons. The zero-order valence-corrected chi connectivity index (χ0v) is 19.5. The van der Waals surface area contributed by atoms with Crippen LogP contribution < -0.4 is 18.9 Å². The van der Waals surface area contributed by atoms with E-state index < -0.39 is 0 Å². The van der Waals surface area contributed by atoms with E-state index in [2.05, 4.69) is 0 Å². The van der Waals surface area contributed by atoms with Crippen molar-refractivity contribution in [1.82, 2.24) is 0 Å². The summed E-state index contributed by atoms with van der Waals surface area (Å²) < 4.78 is 20.9. The van der Waals surface area contributed by atoms with Gasteiger partial charge in [-0.2, -0.15) is 0 Å².